The molecule has 1 saturated heterocycles. The number of hydrogen-bond donors (Lipinski definition) is 1. The quantitative estimate of drug-likeness (QED) is 0.741. The molecule has 0 unspecified atom stereocenters. The van der Waals surface area contributed by atoms with E-state index in [0.717, 1.165) is 0 Å². The molecule has 0 radical (unpaired) electrons. The fourth-order valence-corrected chi connectivity index (χ4v) is 2.39. The molecular weight excluding hydrogens is 298 g/mol. The van der Waals surface area contributed by atoms with Gasteiger partial charge in [0.2, 0.25) is 5.91 Å². The second-order valence-electron chi connectivity index (χ2n) is 5.59. The minimum atomic E-state index is -0.607. The van der Waals surface area contributed by atoms with Crippen molar-refractivity contribution in [3.8, 4) is 5.75 Å². The zero-order valence-corrected chi connectivity index (χ0v) is 13.6. The normalized spacial score (nSPS) is 16.1. The molecule has 126 valence electrons. The van der Waals surface area contributed by atoms with E-state index in [-0.39, 0.29) is 24.5 Å². The summed E-state index contributed by atoms with van der Waals surface area (Å²) in [7, 11) is 1.55. The molecule has 1 fully saturated rings. The summed E-state index contributed by atoms with van der Waals surface area (Å²) in [5.74, 6) is -0.203. The second kappa shape index (κ2) is 8.08. The molecule has 1 aromatic rings. The predicted octanol–water partition coefficient (Wildman–Crippen LogP) is 1.93. The van der Waals surface area contributed by atoms with Gasteiger partial charge in [0, 0.05) is 31.4 Å². The fraction of sp³-hybridized carbons (Fsp3) is 0.529. The summed E-state index contributed by atoms with van der Waals surface area (Å²) in [6.45, 7) is 3.49. The molecule has 1 heterocycles. The van der Waals surface area contributed by atoms with Crippen LogP contribution in [0.4, 0.5) is 0 Å². The highest BCUT2D eigenvalue weighted by atomic mass is 16.7. The summed E-state index contributed by atoms with van der Waals surface area (Å²) in [5.41, 5.74) is 0.553. The lowest BCUT2D eigenvalue weighted by Crippen LogP contribution is -2.33. The molecule has 23 heavy (non-hydrogen) atoms. The van der Waals surface area contributed by atoms with Crippen LogP contribution in [-0.4, -0.2) is 44.3 Å². The Morgan fingerprint density at radius 2 is 2.00 bits per heavy atom. The van der Waals surface area contributed by atoms with E-state index in [1.165, 1.54) is 0 Å². The molecule has 1 aliphatic rings. The van der Waals surface area contributed by atoms with Gasteiger partial charge in [-0.15, -0.1) is 0 Å². The Morgan fingerprint density at radius 3 is 2.70 bits per heavy atom. The van der Waals surface area contributed by atoms with E-state index in [1.807, 2.05) is 6.92 Å². The van der Waals surface area contributed by atoms with E-state index in [4.69, 9.17) is 14.2 Å². The van der Waals surface area contributed by atoms with Crippen LogP contribution in [0.3, 0.4) is 0 Å². The van der Waals surface area contributed by atoms with Crippen molar-refractivity contribution in [3.05, 3.63) is 29.8 Å². The lowest BCUT2D eigenvalue weighted by atomic mass is 10.1. The third-order valence-electron chi connectivity index (χ3n) is 3.77. The Morgan fingerprint density at radius 1 is 1.26 bits per heavy atom. The topological polar surface area (TPSA) is 73.9 Å². The number of methoxy groups -OCH3 is 1. The van der Waals surface area contributed by atoms with Crippen molar-refractivity contribution in [2.24, 2.45) is 0 Å². The van der Waals surface area contributed by atoms with Crippen LogP contribution in [-0.2, 0) is 14.3 Å². The number of Topliss-reactive ketones (excluding diaryl/α,β-unsaturated/α-hetero) is 1. The summed E-state index contributed by atoms with van der Waals surface area (Å²) in [6, 6.07) is 6.93. The predicted molar refractivity (Wildman–Crippen MR) is 84.5 cm³/mol. The molecule has 6 nitrogen and oxygen atoms in total. The first-order valence-electron chi connectivity index (χ1n) is 7.74. The Bertz CT molecular complexity index is 552. The third kappa shape index (κ3) is 5.33. The summed E-state index contributed by atoms with van der Waals surface area (Å²) >= 11 is 0. The van der Waals surface area contributed by atoms with Gasteiger partial charge in [-0.2, -0.15) is 0 Å². The number of nitrogens with one attached hydrogen (secondary N) is 1. The molecule has 0 saturated carbocycles. The minimum absolute atomic E-state index is 0.0755. The molecule has 2 rings (SSSR count). The monoisotopic (exact) mass is 321 g/mol. The van der Waals surface area contributed by atoms with E-state index >= 15 is 0 Å². The molecule has 0 bridgehead atoms. The van der Waals surface area contributed by atoms with Crippen LogP contribution in [0.1, 0.15) is 36.5 Å². The van der Waals surface area contributed by atoms with Crippen LogP contribution < -0.4 is 10.1 Å². The standard InChI is InChI=1S/C17H23NO5/c1-17(22-10-11-23-17)8-9-18-16(20)7-6-15(19)13-4-3-5-14(12-13)21-2/h3-5,12H,6-11H2,1-2H3,(H,18,20). The fourth-order valence-electron chi connectivity index (χ4n) is 2.39. The largest absolute Gasteiger partial charge is 0.497 e. The van der Waals surface area contributed by atoms with Crippen molar-refractivity contribution in [3.63, 3.8) is 0 Å². The summed E-state index contributed by atoms with van der Waals surface area (Å²) < 4.78 is 16.0. The maximum absolute atomic E-state index is 12.1. The van der Waals surface area contributed by atoms with Gasteiger partial charge in [-0.05, 0) is 19.1 Å². The number of rotatable bonds is 8. The van der Waals surface area contributed by atoms with E-state index in [0.29, 0.717) is 37.5 Å². The first-order valence-corrected chi connectivity index (χ1v) is 7.74. The Kier molecular flexibility index (Phi) is 6.12. The van der Waals surface area contributed by atoms with Gasteiger partial charge in [0.1, 0.15) is 5.75 Å². The summed E-state index contributed by atoms with van der Waals surface area (Å²) in [6.07, 6.45) is 0.917. The minimum Gasteiger partial charge on any atom is -0.497 e. The number of ether oxygens (including phenoxy) is 3. The molecule has 0 aromatic heterocycles. The molecule has 0 aliphatic carbocycles. The average molecular weight is 321 g/mol. The van der Waals surface area contributed by atoms with E-state index in [2.05, 4.69) is 5.32 Å². The number of hydrogen-bond acceptors (Lipinski definition) is 5. The van der Waals surface area contributed by atoms with Crippen molar-refractivity contribution in [1.29, 1.82) is 0 Å². The molecule has 0 spiro atoms. The highest BCUT2D eigenvalue weighted by molar-refractivity contribution is 5.98. The number of ketones is 1. The van der Waals surface area contributed by atoms with Gasteiger partial charge in [0.05, 0.1) is 20.3 Å². The Balaban J connectivity index is 1.70. The molecule has 1 N–H and O–H groups in total. The summed E-state index contributed by atoms with van der Waals surface area (Å²) in [5, 5.41) is 2.79. The van der Waals surface area contributed by atoms with Gasteiger partial charge >= 0.3 is 0 Å². The smallest absolute Gasteiger partial charge is 0.220 e. The van der Waals surface area contributed by atoms with Gasteiger partial charge in [-0.1, -0.05) is 12.1 Å². The number of carbonyl (C=O) groups excluding carboxylic acids is 2. The van der Waals surface area contributed by atoms with Crippen molar-refractivity contribution < 1.29 is 23.8 Å². The SMILES string of the molecule is COc1cccc(C(=O)CCC(=O)NCCC2(C)OCCO2)c1. The van der Waals surface area contributed by atoms with E-state index in [9.17, 15) is 9.59 Å². The van der Waals surface area contributed by atoms with Crippen LogP contribution in [0.5, 0.6) is 5.75 Å². The third-order valence-corrected chi connectivity index (χ3v) is 3.77. The lowest BCUT2D eigenvalue weighted by molar-refractivity contribution is -0.146. The van der Waals surface area contributed by atoms with Crippen LogP contribution in [0, 0.1) is 0 Å². The summed E-state index contributed by atoms with van der Waals surface area (Å²) in [4.78, 5) is 23.9. The van der Waals surface area contributed by atoms with Gasteiger partial charge in [0.15, 0.2) is 11.6 Å². The van der Waals surface area contributed by atoms with Crippen LogP contribution in [0.25, 0.3) is 0 Å². The molecule has 0 atom stereocenters. The average Bonchev–Trinajstić information content (AvgIpc) is 2.99. The van der Waals surface area contributed by atoms with Crippen molar-refractivity contribution in [2.45, 2.75) is 32.0 Å². The number of carbonyl (C=O) groups is 2. The van der Waals surface area contributed by atoms with Gasteiger partial charge < -0.3 is 19.5 Å². The van der Waals surface area contributed by atoms with Crippen molar-refractivity contribution >= 4 is 11.7 Å². The first kappa shape index (κ1) is 17.4. The van der Waals surface area contributed by atoms with Crippen molar-refractivity contribution in [1.82, 2.24) is 5.32 Å². The Labute approximate surface area is 136 Å². The maximum atomic E-state index is 12.1. The Hall–Kier alpha value is -1.92. The van der Waals surface area contributed by atoms with Crippen LogP contribution in [0.2, 0.25) is 0 Å². The number of amides is 1. The van der Waals surface area contributed by atoms with Gasteiger partial charge in [0.25, 0.3) is 0 Å². The zero-order chi connectivity index (χ0) is 16.7. The first-order chi connectivity index (χ1) is 11.0. The second-order valence-corrected chi connectivity index (χ2v) is 5.59. The van der Waals surface area contributed by atoms with Crippen LogP contribution in [0.15, 0.2) is 24.3 Å². The number of benzene rings is 1. The van der Waals surface area contributed by atoms with Gasteiger partial charge in [-0.3, -0.25) is 9.59 Å². The maximum Gasteiger partial charge on any atom is 0.220 e. The highest BCUT2D eigenvalue weighted by Crippen LogP contribution is 2.21. The van der Waals surface area contributed by atoms with E-state index < -0.39 is 5.79 Å². The molecular formula is C17H23NO5. The van der Waals surface area contributed by atoms with Crippen LogP contribution >= 0.6 is 0 Å². The molecule has 1 aliphatic heterocycles. The highest BCUT2D eigenvalue weighted by Gasteiger charge is 2.30. The molecule has 1 amide bonds. The lowest BCUT2D eigenvalue weighted by Gasteiger charge is -2.22. The van der Waals surface area contributed by atoms with E-state index in [1.54, 1.807) is 31.4 Å². The molecule has 6 heteroatoms. The molecule has 1 aromatic carbocycles. The zero-order valence-electron chi connectivity index (χ0n) is 13.6. The van der Waals surface area contributed by atoms with Gasteiger partial charge in [-0.25, -0.2) is 0 Å². The van der Waals surface area contributed by atoms with Crippen molar-refractivity contribution in [2.75, 3.05) is 26.9 Å².